The van der Waals surface area contributed by atoms with Crippen molar-refractivity contribution in [2.24, 2.45) is 10.2 Å². The number of hydrogen-bond donors (Lipinski definition) is 5. The van der Waals surface area contributed by atoms with Crippen LogP contribution in [0.1, 0.15) is 0 Å². The summed E-state index contributed by atoms with van der Waals surface area (Å²) in [6.07, 6.45) is 1.92. The van der Waals surface area contributed by atoms with Crippen LogP contribution in [-0.2, 0) is 33.8 Å². The summed E-state index contributed by atoms with van der Waals surface area (Å²) in [6, 6.07) is 9.30. The molecule has 0 atom stereocenters. The lowest BCUT2D eigenvalue weighted by molar-refractivity contribution is -0.432. The molecule has 0 saturated heterocycles. The van der Waals surface area contributed by atoms with Gasteiger partial charge in [0.05, 0.1) is 41.8 Å². The van der Waals surface area contributed by atoms with Crippen molar-refractivity contribution in [1.82, 2.24) is 15.0 Å². The summed E-state index contributed by atoms with van der Waals surface area (Å²) < 4.78 is 48.7. The first-order valence-corrected chi connectivity index (χ1v) is 16.8. The molecule has 0 amide bonds. The van der Waals surface area contributed by atoms with Crippen LogP contribution in [-0.4, -0.2) is 74.8 Å². The van der Waals surface area contributed by atoms with E-state index in [9.17, 15) is 18.3 Å². The fourth-order valence-electron chi connectivity index (χ4n) is 3.61. The number of aromatic nitrogens is 3. The van der Waals surface area contributed by atoms with Gasteiger partial charge >= 0.3 is 16.4 Å². The van der Waals surface area contributed by atoms with E-state index >= 15 is 0 Å². The molecule has 0 spiro atoms. The molecule has 0 aliphatic rings. The number of nitrogens with one attached hydrogen (secondary N) is 1. The average Bonchev–Trinajstić information content (AvgIpc) is 3.05. The number of carboxylic acid groups (broad SMARTS) is 1. The molecule has 0 saturated carbocycles. The van der Waals surface area contributed by atoms with Gasteiger partial charge in [-0.3, -0.25) is 14.2 Å². The van der Waals surface area contributed by atoms with E-state index in [-0.39, 0.29) is 66.5 Å². The number of phenolic OH excluding ortho intramolecular Hbond substituents is 1. The number of fused-ring (bicyclic) bond motifs is 1. The molecule has 7 N–H and O–H groups in total. The molecule has 0 radical (unpaired) electrons. The second-order valence-corrected chi connectivity index (χ2v) is 12.4. The van der Waals surface area contributed by atoms with E-state index in [1.54, 1.807) is 24.3 Å². The number of azo groups is 1. The van der Waals surface area contributed by atoms with Gasteiger partial charge in [-0.05, 0) is 51.3 Å². The second kappa shape index (κ2) is 18.6. The topological polar surface area (TPSA) is 294 Å². The van der Waals surface area contributed by atoms with Gasteiger partial charge in [-0.2, -0.15) is 23.4 Å². The molecular formula is C25H21ClN6O14S4. The highest BCUT2D eigenvalue weighted by Crippen LogP contribution is 2.46. The SMILES string of the molecule is COc1cc(SC#COOS(=O)(=O)O)c(OC)cc1N=Nc1c(SOOO)cc2ccc(Nc3nc(Cl)nc(SCC(=O)O)n3)cc2c1O.O. The molecular weight excluding hydrogens is 772 g/mol. The van der Waals surface area contributed by atoms with Gasteiger partial charge in [0.15, 0.2) is 17.0 Å². The van der Waals surface area contributed by atoms with Gasteiger partial charge in [0.1, 0.15) is 22.9 Å². The maximum atomic E-state index is 11.3. The number of anilines is 2. The molecule has 3 aromatic carbocycles. The van der Waals surface area contributed by atoms with Crippen molar-refractivity contribution in [2.45, 2.75) is 14.9 Å². The van der Waals surface area contributed by atoms with Crippen molar-refractivity contribution >= 4 is 97.3 Å². The van der Waals surface area contributed by atoms with E-state index in [0.717, 1.165) is 23.5 Å². The van der Waals surface area contributed by atoms with Gasteiger partial charge in [-0.1, -0.05) is 22.9 Å². The zero-order chi connectivity index (χ0) is 35.6. The highest BCUT2D eigenvalue weighted by molar-refractivity contribution is 8.04. The first-order chi connectivity index (χ1) is 23.4. The summed E-state index contributed by atoms with van der Waals surface area (Å²) in [4.78, 5) is 27.6. The third-order valence-corrected chi connectivity index (χ3v) is 8.05. The summed E-state index contributed by atoms with van der Waals surface area (Å²) in [5.74, 6) is -1.30. The number of methoxy groups -OCH3 is 2. The molecule has 4 rings (SSSR count). The quantitative estimate of drug-likeness (QED) is 0.0199. The predicted octanol–water partition coefficient (Wildman–Crippen LogP) is 5.10. The standard InChI is InChI=1S/C25H19ClN6O13S4.H2O/c1-40-16-10-18(46-6-5-42-45-49(37,38)39)17(41-2)9-15(16)31-32-21-19(48-44-43-36)7-12-3-4-13(8-14(12)22(21)35)27-24-28-23(26)29-25(30-24)47-11-20(33)34;/h3-4,7-10,35-36H,11H2,1-2H3,(H,33,34)(H,37,38,39)(H,27,28,29,30);1H2. The number of aliphatic carboxylic acids is 1. The van der Waals surface area contributed by atoms with Crippen LogP contribution in [0.5, 0.6) is 17.2 Å². The van der Waals surface area contributed by atoms with Gasteiger partial charge in [-0.25, -0.2) is 5.26 Å². The normalized spacial score (nSPS) is 11.1. The van der Waals surface area contributed by atoms with Crippen LogP contribution in [0.15, 0.2) is 61.6 Å². The van der Waals surface area contributed by atoms with Crippen LogP contribution in [0.3, 0.4) is 0 Å². The van der Waals surface area contributed by atoms with E-state index in [1.807, 2.05) is 6.11 Å². The van der Waals surface area contributed by atoms with Gasteiger partial charge in [-0.15, -0.1) is 14.6 Å². The van der Waals surface area contributed by atoms with E-state index in [4.69, 9.17) is 36.0 Å². The Labute approximate surface area is 298 Å². The van der Waals surface area contributed by atoms with Gasteiger partial charge < -0.3 is 30.5 Å². The Kier molecular flexibility index (Phi) is 14.9. The number of benzene rings is 3. The van der Waals surface area contributed by atoms with E-state index in [1.165, 1.54) is 26.4 Å². The lowest BCUT2D eigenvalue weighted by atomic mass is 10.1. The number of ether oxygens (including phenoxy) is 2. The lowest BCUT2D eigenvalue weighted by Crippen LogP contribution is -2.03. The summed E-state index contributed by atoms with van der Waals surface area (Å²) in [5, 5.41) is 47.2. The molecule has 0 aliphatic heterocycles. The minimum atomic E-state index is -4.85. The van der Waals surface area contributed by atoms with Gasteiger partial charge in [0.2, 0.25) is 11.2 Å². The lowest BCUT2D eigenvalue weighted by Gasteiger charge is -2.12. The summed E-state index contributed by atoms with van der Waals surface area (Å²) in [7, 11) is -2.14. The Morgan fingerprint density at radius 1 is 1.06 bits per heavy atom. The van der Waals surface area contributed by atoms with Crippen LogP contribution >= 0.6 is 47.2 Å². The smallest absolute Gasteiger partial charge is 0.433 e. The molecule has 20 nitrogen and oxygen atoms in total. The van der Waals surface area contributed by atoms with E-state index in [0.29, 0.717) is 28.0 Å². The highest BCUT2D eigenvalue weighted by atomic mass is 35.5. The Morgan fingerprint density at radius 2 is 1.82 bits per heavy atom. The number of aromatic hydroxyl groups is 1. The second-order valence-electron chi connectivity index (χ2n) is 8.51. The Morgan fingerprint density at radius 3 is 2.50 bits per heavy atom. The van der Waals surface area contributed by atoms with Crippen LogP contribution in [0, 0.1) is 11.4 Å². The summed E-state index contributed by atoms with van der Waals surface area (Å²) in [6.45, 7) is 0. The van der Waals surface area contributed by atoms with Gasteiger partial charge in [0.25, 0.3) is 0 Å². The van der Waals surface area contributed by atoms with Crippen LogP contribution in [0.4, 0.5) is 23.0 Å². The Balaban J connectivity index is 0.00000676. The Hall–Kier alpha value is -4.39. The number of halogens is 1. The first kappa shape index (κ1) is 40.0. The predicted molar refractivity (Wildman–Crippen MR) is 177 cm³/mol. The molecule has 25 heteroatoms. The van der Waals surface area contributed by atoms with E-state index < -0.39 is 16.4 Å². The molecule has 1 heterocycles. The zero-order valence-electron chi connectivity index (χ0n) is 24.9. The molecule has 0 aliphatic carbocycles. The summed E-state index contributed by atoms with van der Waals surface area (Å²) in [5.41, 5.74) is 0.426. The van der Waals surface area contributed by atoms with Crippen LogP contribution in [0.2, 0.25) is 5.28 Å². The van der Waals surface area contributed by atoms with Crippen molar-refractivity contribution in [3.8, 4) is 28.6 Å². The minimum Gasteiger partial charge on any atom is -0.505 e. The number of phenols is 1. The number of nitrogens with zero attached hydrogens (tertiary/aromatic N) is 5. The largest absolute Gasteiger partial charge is 0.505 e. The van der Waals surface area contributed by atoms with Crippen molar-refractivity contribution < 1.29 is 66.8 Å². The third kappa shape index (κ3) is 11.3. The minimum absolute atomic E-state index is 0. The highest BCUT2D eigenvalue weighted by Gasteiger charge is 2.18. The zero-order valence-corrected chi connectivity index (χ0v) is 28.9. The van der Waals surface area contributed by atoms with Crippen molar-refractivity contribution in [2.75, 3.05) is 25.3 Å². The van der Waals surface area contributed by atoms with Crippen LogP contribution < -0.4 is 14.8 Å². The number of hydrogen-bond acceptors (Lipinski definition) is 20. The fraction of sp³-hybridized carbons (Fsp3) is 0.120. The van der Waals surface area contributed by atoms with Crippen molar-refractivity contribution in [3.05, 3.63) is 41.7 Å². The molecule has 0 fully saturated rings. The van der Waals surface area contributed by atoms with Crippen LogP contribution in [0.25, 0.3) is 10.8 Å². The maximum Gasteiger partial charge on any atom is 0.433 e. The third-order valence-electron chi connectivity index (χ3n) is 5.46. The monoisotopic (exact) mass is 792 g/mol. The number of carbonyl (C=O) groups is 1. The fourth-order valence-corrected chi connectivity index (χ4v) is 5.58. The van der Waals surface area contributed by atoms with Crippen molar-refractivity contribution in [3.63, 3.8) is 0 Å². The molecule has 0 unspecified atom stereocenters. The Bertz CT molecular complexity index is 2070. The average molecular weight is 793 g/mol. The number of carboxylic acids is 1. The molecule has 4 aromatic rings. The number of thioether (sulfide) groups is 2. The molecule has 1 aromatic heterocycles. The molecule has 50 heavy (non-hydrogen) atoms. The van der Waals surface area contributed by atoms with Crippen molar-refractivity contribution in [1.29, 1.82) is 0 Å². The maximum absolute atomic E-state index is 11.3. The summed E-state index contributed by atoms with van der Waals surface area (Å²) >= 11 is 8.19. The van der Waals surface area contributed by atoms with Gasteiger partial charge in [0, 0.05) is 28.5 Å². The first-order valence-electron chi connectivity index (χ1n) is 12.6. The number of rotatable bonds is 15. The molecule has 0 bridgehead atoms. The molecule has 266 valence electrons. The van der Waals surface area contributed by atoms with E-state index in [2.05, 4.69) is 54.3 Å².